The van der Waals surface area contributed by atoms with Crippen LogP contribution in [0.2, 0.25) is 0 Å². The second-order valence-electron chi connectivity index (χ2n) is 6.49. The molecular weight excluding hydrogens is 340 g/mol. The molecule has 2 aliphatic rings. The molecule has 0 fully saturated rings. The van der Waals surface area contributed by atoms with E-state index in [0.717, 1.165) is 23.7 Å². The minimum atomic E-state index is 0.183. The van der Waals surface area contributed by atoms with Crippen molar-refractivity contribution in [3.8, 4) is 11.5 Å². The molecule has 0 spiro atoms. The van der Waals surface area contributed by atoms with Crippen LogP contribution in [0.15, 0.2) is 70.4 Å². The Labute approximate surface area is 158 Å². The molecule has 2 aliphatic heterocycles. The number of aliphatic imine (C=N–C) groups is 1. The highest BCUT2D eigenvalue weighted by molar-refractivity contribution is 5.88. The number of hydrogen-bond donors (Lipinski definition) is 2. The van der Waals surface area contributed by atoms with Crippen LogP contribution in [-0.4, -0.2) is 30.8 Å². The van der Waals surface area contributed by atoms with Gasteiger partial charge in [-0.15, -0.1) is 0 Å². The summed E-state index contributed by atoms with van der Waals surface area (Å²) in [7, 11) is 1.67. The minimum Gasteiger partial charge on any atom is -0.508 e. The van der Waals surface area contributed by atoms with Gasteiger partial charge in [0.15, 0.2) is 0 Å². The number of ether oxygens (including phenoxy) is 1. The molecule has 0 saturated carbocycles. The molecule has 138 valence electrons. The van der Waals surface area contributed by atoms with Crippen molar-refractivity contribution in [2.24, 2.45) is 10.1 Å². The number of phenolic OH excluding ortho intramolecular Hbond substituents is 1. The third-order valence-electron chi connectivity index (χ3n) is 4.82. The highest BCUT2D eigenvalue weighted by atomic mass is 16.5. The fourth-order valence-electron chi connectivity index (χ4n) is 3.49. The SMILES string of the molecule is COc1ccc(C2CC=C(CC3=NCC=NN3)N2c2ccc(O)cc2)cc1. The molecular formula is C21H22N4O2. The Morgan fingerprint density at radius 1 is 1.15 bits per heavy atom. The molecule has 2 aromatic carbocycles. The van der Waals surface area contributed by atoms with Crippen LogP contribution in [0.1, 0.15) is 24.4 Å². The largest absolute Gasteiger partial charge is 0.508 e. The first-order valence-electron chi connectivity index (χ1n) is 8.96. The lowest BCUT2D eigenvalue weighted by atomic mass is 10.0. The molecule has 27 heavy (non-hydrogen) atoms. The Morgan fingerprint density at radius 3 is 2.59 bits per heavy atom. The molecule has 2 N–H and O–H groups in total. The first-order valence-corrected chi connectivity index (χ1v) is 8.96. The van der Waals surface area contributed by atoms with Crippen LogP contribution in [0, 0.1) is 0 Å². The van der Waals surface area contributed by atoms with Gasteiger partial charge >= 0.3 is 0 Å². The molecule has 6 nitrogen and oxygen atoms in total. The zero-order chi connectivity index (χ0) is 18.6. The van der Waals surface area contributed by atoms with E-state index < -0.39 is 0 Å². The molecule has 1 atom stereocenters. The van der Waals surface area contributed by atoms with Gasteiger partial charge in [-0.05, 0) is 48.4 Å². The number of phenols is 1. The summed E-state index contributed by atoms with van der Waals surface area (Å²) in [6.07, 6.45) is 5.60. The Balaban J connectivity index is 1.64. The maximum atomic E-state index is 9.68. The number of anilines is 1. The quantitative estimate of drug-likeness (QED) is 0.852. The molecule has 2 aromatic rings. The van der Waals surface area contributed by atoms with E-state index in [0.29, 0.717) is 13.0 Å². The van der Waals surface area contributed by atoms with E-state index in [1.165, 1.54) is 11.3 Å². The molecule has 4 rings (SSSR count). The van der Waals surface area contributed by atoms with Crippen LogP contribution in [0.25, 0.3) is 0 Å². The van der Waals surface area contributed by atoms with Gasteiger partial charge in [0.05, 0.1) is 19.7 Å². The predicted molar refractivity (Wildman–Crippen MR) is 108 cm³/mol. The smallest absolute Gasteiger partial charge is 0.123 e. The summed E-state index contributed by atoms with van der Waals surface area (Å²) in [5.41, 5.74) is 6.42. The fourth-order valence-corrected chi connectivity index (χ4v) is 3.49. The topological polar surface area (TPSA) is 69.5 Å². The van der Waals surface area contributed by atoms with Gasteiger partial charge in [0.1, 0.15) is 17.3 Å². The number of nitrogens with zero attached hydrogens (tertiary/aromatic N) is 3. The van der Waals surface area contributed by atoms with Crippen molar-refractivity contribution in [2.45, 2.75) is 18.9 Å². The van der Waals surface area contributed by atoms with Gasteiger partial charge in [0, 0.05) is 24.0 Å². The Morgan fingerprint density at radius 2 is 1.93 bits per heavy atom. The van der Waals surface area contributed by atoms with Crippen LogP contribution in [0.5, 0.6) is 11.5 Å². The maximum absolute atomic E-state index is 9.68. The second kappa shape index (κ2) is 7.53. The summed E-state index contributed by atoms with van der Waals surface area (Å²) in [4.78, 5) is 6.80. The number of aromatic hydroxyl groups is 1. The molecule has 1 unspecified atom stereocenters. The lowest BCUT2D eigenvalue weighted by molar-refractivity contribution is 0.414. The average molecular weight is 362 g/mol. The van der Waals surface area contributed by atoms with Gasteiger partial charge in [-0.25, -0.2) is 0 Å². The van der Waals surface area contributed by atoms with Gasteiger partial charge in [0.25, 0.3) is 0 Å². The van der Waals surface area contributed by atoms with Crippen molar-refractivity contribution in [3.63, 3.8) is 0 Å². The molecule has 0 bridgehead atoms. The first-order chi connectivity index (χ1) is 13.2. The monoisotopic (exact) mass is 362 g/mol. The van der Waals surface area contributed by atoms with Crippen molar-refractivity contribution in [1.29, 1.82) is 0 Å². The number of methoxy groups -OCH3 is 1. The maximum Gasteiger partial charge on any atom is 0.123 e. The zero-order valence-electron chi connectivity index (χ0n) is 15.2. The van der Waals surface area contributed by atoms with E-state index in [4.69, 9.17) is 4.74 Å². The van der Waals surface area contributed by atoms with Crippen molar-refractivity contribution in [1.82, 2.24) is 5.43 Å². The number of hydrazone groups is 1. The van der Waals surface area contributed by atoms with Gasteiger partial charge in [-0.2, -0.15) is 5.10 Å². The lowest BCUT2D eigenvalue weighted by Crippen LogP contribution is -2.29. The summed E-state index contributed by atoms with van der Waals surface area (Å²) >= 11 is 0. The van der Waals surface area contributed by atoms with E-state index in [-0.39, 0.29) is 11.8 Å². The third-order valence-corrected chi connectivity index (χ3v) is 4.82. The molecule has 0 amide bonds. The Hall–Kier alpha value is -3.28. The predicted octanol–water partition coefficient (Wildman–Crippen LogP) is 3.61. The molecule has 2 heterocycles. The van der Waals surface area contributed by atoms with E-state index >= 15 is 0 Å². The molecule has 6 heteroatoms. The lowest BCUT2D eigenvalue weighted by Gasteiger charge is -2.31. The highest BCUT2D eigenvalue weighted by Crippen LogP contribution is 2.40. The Bertz CT molecular complexity index is 885. The second-order valence-corrected chi connectivity index (χ2v) is 6.49. The van der Waals surface area contributed by atoms with Gasteiger partial charge in [-0.3, -0.25) is 10.4 Å². The highest BCUT2D eigenvalue weighted by Gasteiger charge is 2.29. The van der Waals surface area contributed by atoms with Gasteiger partial charge in [-0.1, -0.05) is 18.2 Å². The minimum absolute atomic E-state index is 0.183. The Kier molecular flexibility index (Phi) is 4.78. The first kappa shape index (κ1) is 17.1. The number of benzene rings is 2. The average Bonchev–Trinajstić information content (AvgIpc) is 3.13. The summed E-state index contributed by atoms with van der Waals surface area (Å²) in [6.45, 7) is 0.608. The van der Waals surface area contributed by atoms with E-state index in [2.05, 4.69) is 38.6 Å². The number of amidine groups is 1. The normalized spacial score (nSPS) is 18.7. The third kappa shape index (κ3) is 3.65. The van der Waals surface area contributed by atoms with Gasteiger partial charge in [0.2, 0.25) is 0 Å². The summed E-state index contributed by atoms with van der Waals surface area (Å²) in [6, 6.07) is 15.7. The van der Waals surface area contributed by atoms with Crippen LogP contribution in [0.3, 0.4) is 0 Å². The van der Waals surface area contributed by atoms with Crippen LogP contribution in [-0.2, 0) is 0 Å². The van der Waals surface area contributed by atoms with E-state index in [1.54, 1.807) is 25.5 Å². The van der Waals surface area contributed by atoms with Crippen molar-refractivity contribution < 1.29 is 9.84 Å². The van der Waals surface area contributed by atoms with Crippen molar-refractivity contribution in [3.05, 3.63) is 65.9 Å². The van der Waals surface area contributed by atoms with Crippen LogP contribution >= 0.6 is 0 Å². The molecule has 0 radical (unpaired) electrons. The number of hydrogen-bond acceptors (Lipinski definition) is 6. The van der Waals surface area contributed by atoms with Crippen molar-refractivity contribution >= 4 is 17.7 Å². The van der Waals surface area contributed by atoms with Crippen LogP contribution < -0.4 is 15.1 Å². The van der Waals surface area contributed by atoms with Crippen LogP contribution in [0.4, 0.5) is 5.69 Å². The van der Waals surface area contributed by atoms with E-state index in [1.807, 2.05) is 24.3 Å². The summed E-state index contributed by atoms with van der Waals surface area (Å²) < 4.78 is 5.29. The van der Waals surface area contributed by atoms with Crippen molar-refractivity contribution in [2.75, 3.05) is 18.6 Å². The molecule has 0 aliphatic carbocycles. The fraction of sp³-hybridized carbons (Fsp3) is 0.238. The summed E-state index contributed by atoms with van der Waals surface area (Å²) in [5.74, 6) is 1.97. The van der Waals surface area contributed by atoms with Gasteiger partial charge < -0.3 is 14.7 Å². The zero-order valence-corrected chi connectivity index (χ0v) is 15.2. The number of rotatable bonds is 5. The molecule has 0 saturated heterocycles. The van der Waals surface area contributed by atoms with E-state index in [9.17, 15) is 5.11 Å². The molecule has 0 aromatic heterocycles. The standard InChI is InChI=1S/C21H22N4O2/c1-27-19-9-2-15(3-10-19)20-11-6-17(14-21-22-12-13-23-24-21)25(20)16-4-7-18(26)8-5-16/h2-10,13,20,26H,11-12,14H2,1H3,(H,22,24). The summed E-state index contributed by atoms with van der Waals surface area (Å²) in [5, 5.41) is 13.8. The number of nitrogens with one attached hydrogen (secondary N) is 1.